The summed E-state index contributed by atoms with van der Waals surface area (Å²) in [6.07, 6.45) is -2.75. The van der Waals surface area contributed by atoms with Gasteiger partial charge in [0.15, 0.2) is 6.04 Å². The van der Waals surface area contributed by atoms with Gasteiger partial charge in [-0.05, 0) is 17.0 Å². The summed E-state index contributed by atoms with van der Waals surface area (Å²) in [7, 11) is 0. The molecule has 0 aliphatic carbocycles. The molecule has 0 saturated carbocycles. The van der Waals surface area contributed by atoms with Gasteiger partial charge in [-0.1, -0.05) is 36.4 Å². The zero-order valence-electron chi connectivity index (χ0n) is 12.5. The Labute approximate surface area is 142 Å². The molecule has 0 saturated heterocycles. The molecule has 1 aromatic heterocycles. The molecule has 1 aromatic carbocycles. The summed E-state index contributed by atoms with van der Waals surface area (Å²) in [6, 6.07) is 13.4. The normalized spacial score (nSPS) is 12.5. The van der Waals surface area contributed by atoms with Crippen molar-refractivity contribution in [3.05, 3.63) is 58.3 Å². The highest BCUT2D eigenvalue weighted by Gasteiger charge is 2.22. The van der Waals surface area contributed by atoms with Gasteiger partial charge in [0, 0.05) is 4.88 Å². The van der Waals surface area contributed by atoms with Gasteiger partial charge in [-0.3, -0.25) is 10.1 Å². The van der Waals surface area contributed by atoms with E-state index in [4.69, 9.17) is 10.00 Å². The van der Waals surface area contributed by atoms with E-state index < -0.39 is 24.3 Å². The van der Waals surface area contributed by atoms with Crippen LogP contribution in [0.1, 0.15) is 16.5 Å². The van der Waals surface area contributed by atoms with Crippen molar-refractivity contribution >= 4 is 23.3 Å². The second-order valence-electron chi connectivity index (χ2n) is 4.69. The molecular weight excluding hydrogens is 330 g/mol. The van der Waals surface area contributed by atoms with Crippen LogP contribution in [0.15, 0.2) is 47.8 Å². The molecule has 0 bridgehead atoms. The predicted molar refractivity (Wildman–Crippen MR) is 86.6 cm³/mol. The van der Waals surface area contributed by atoms with Crippen LogP contribution in [0.5, 0.6) is 0 Å². The Morgan fingerprint density at radius 1 is 1.21 bits per heavy atom. The number of aliphatic hydroxyl groups is 1. The van der Waals surface area contributed by atoms with Gasteiger partial charge in [-0.25, -0.2) is 4.79 Å². The number of nitrogens with zero attached hydrogens (tertiary/aromatic N) is 1. The summed E-state index contributed by atoms with van der Waals surface area (Å²) in [5.74, 6) is -0.897. The third kappa shape index (κ3) is 5.08. The van der Waals surface area contributed by atoms with E-state index in [1.165, 1.54) is 11.3 Å². The second-order valence-corrected chi connectivity index (χ2v) is 5.67. The third-order valence-corrected chi connectivity index (χ3v) is 3.90. The number of aliphatic hydroxyl groups excluding tert-OH is 1. The smallest absolute Gasteiger partial charge is 0.409 e. The average Bonchev–Trinajstić information content (AvgIpc) is 3.13. The van der Waals surface area contributed by atoms with E-state index in [0.29, 0.717) is 4.88 Å². The summed E-state index contributed by atoms with van der Waals surface area (Å²) in [5.41, 5.74) is 0.772. The van der Waals surface area contributed by atoms with Crippen LogP contribution in [0, 0.1) is 11.3 Å². The second kappa shape index (κ2) is 8.67. The number of ether oxygens (including phenoxy) is 1. The number of hydrogen-bond donors (Lipinski definition) is 3. The van der Waals surface area contributed by atoms with Crippen LogP contribution in [-0.4, -0.2) is 23.3 Å². The molecule has 3 N–H and O–H groups in total. The van der Waals surface area contributed by atoms with Crippen molar-refractivity contribution in [3.63, 3.8) is 0 Å². The van der Waals surface area contributed by atoms with Gasteiger partial charge in [-0.15, -0.1) is 11.3 Å². The van der Waals surface area contributed by atoms with Gasteiger partial charge in [0.1, 0.15) is 6.61 Å². The lowest BCUT2D eigenvalue weighted by Crippen LogP contribution is -2.47. The molecule has 2 rings (SSSR count). The first-order valence-electron chi connectivity index (χ1n) is 6.99. The average molecular weight is 345 g/mol. The lowest BCUT2D eigenvalue weighted by atomic mass is 10.2. The third-order valence-electron chi connectivity index (χ3n) is 2.96. The van der Waals surface area contributed by atoms with Crippen molar-refractivity contribution in [3.8, 4) is 6.07 Å². The lowest BCUT2D eigenvalue weighted by Gasteiger charge is -2.15. The molecule has 0 spiro atoms. The largest absolute Gasteiger partial charge is 0.445 e. The van der Waals surface area contributed by atoms with Crippen molar-refractivity contribution < 1.29 is 19.4 Å². The Kier molecular flexibility index (Phi) is 6.31. The van der Waals surface area contributed by atoms with E-state index in [2.05, 4.69) is 5.32 Å². The van der Waals surface area contributed by atoms with Crippen molar-refractivity contribution in [1.82, 2.24) is 10.6 Å². The maximum atomic E-state index is 11.8. The molecule has 2 atom stereocenters. The molecule has 2 amide bonds. The van der Waals surface area contributed by atoms with Crippen LogP contribution in [0.2, 0.25) is 0 Å². The van der Waals surface area contributed by atoms with E-state index in [1.807, 2.05) is 17.5 Å². The fourth-order valence-electron chi connectivity index (χ4n) is 1.79. The Hall–Kier alpha value is -2.89. The highest BCUT2D eigenvalue weighted by Crippen LogP contribution is 2.18. The van der Waals surface area contributed by atoms with Gasteiger partial charge in [0.2, 0.25) is 6.23 Å². The SMILES string of the molecule is N#CC(NC(=O)C(O)NC(=O)OCc1ccccc1)c1cccs1. The fraction of sp³-hybridized carbons (Fsp3) is 0.188. The molecule has 7 nitrogen and oxygen atoms in total. The van der Waals surface area contributed by atoms with Crippen molar-refractivity contribution in [2.24, 2.45) is 0 Å². The van der Waals surface area contributed by atoms with Crippen molar-refractivity contribution in [1.29, 1.82) is 5.26 Å². The van der Waals surface area contributed by atoms with Crippen molar-refractivity contribution in [2.75, 3.05) is 0 Å². The number of amides is 2. The minimum Gasteiger partial charge on any atom is -0.445 e. The van der Waals surface area contributed by atoms with Gasteiger partial charge in [0.05, 0.1) is 6.07 Å². The molecule has 0 aliphatic heterocycles. The molecule has 8 heteroatoms. The highest BCUT2D eigenvalue weighted by atomic mass is 32.1. The zero-order valence-corrected chi connectivity index (χ0v) is 13.3. The van der Waals surface area contributed by atoms with Crippen LogP contribution in [0.4, 0.5) is 4.79 Å². The lowest BCUT2D eigenvalue weighted by molar-refractivity contribution is -0.131. The first kappa shape index (κ1) is 17.5. The van der Waals surface area contributed by atoms with E-state index in [1.54, 1.807) is 41.8 Å². The molecule has 2 aromatic rings. The van der Waals surface area contributed by atoms with Crippen LogP contribution in [0.25, 0.3) is 0 Å². The van der Waals surface area contributed by atoms with Crippen LogP contribution >= 0.6 is 11.3 Å². The Morgan fingerprint density at radius 2 is 1.96 bits per heavy atom. The van der Waals surface area contributed by atoms with E-state index in [0.717, 1.165) is 5.56 Å². The number of benzene rings is 1. The van der Waals surface area contributed by atoms with E-state index in [9.17, 15) is 14.7 Å². The first-order valence-corrected chi connectivity index (χ1v) is 7.87. The summed E-state index contributed by atoms with van der Waals surface area (Å²) >= 11 is 1.30. The summed E-state index contributed by atoms with van der Waals surface area (Å²) in [4.78, 5) is 24.0. The molecule has 0 radical (unpaired) electrons. The Bertz CT molecular complexity index is 713. The molecule has 24 heavy (non-hydrogen) atoms. The van der Waals surface area contributed by atoms with E-state index in [-0.39, 0.29) is 6.61 Å². The number of alkyl carbamates (subject to hydrolysis) is 1. The maximum absolute atomic E-state index is 11.8. The molecular formula is C16H15N3O4S. The number of carbonyl (C=O) groups excluding carboxylic acids is 2. The van der Waals surface area contributed by atoms with Crippen molar-refractivity contribution in [2.45, 2.75) is 18.9 Å². The standard InChI is InChI=1S/C16H15N3O4S/c17-9-12(13-7-4-8-24-13)18-14(20)15(21)19-16(22)23-10-11-5-2-1-3-6-11/h1-8,12,15,21H,10H2,(H,18,20)(H,19,22). The molecule has 1 heterocycles. The highest BCUT2D eigenvalue weighted by molar-refractivity contribution is 7.10. The summed E-state index contributed by atoms with van der Waals surface area (Å²) in [6.45, 7) is 0.0109. The molecule has 2 unspecified atom stereocenters. The van der Waals surface area contributed by atoms with Crippen LogP contribution in [-0.2, 0) is 16.1 Å². The van der Waals surface area contributed by atoms with Gasteiger partial charge < -0.3 is 15.2 Å². The molecule has 124 valence electrons. The molecule has 0 fully saturated rings. The molecule has 0 aliphatic rings. The number of rotatable bonds is 6. The quantitative estimate of drug-likeness (QED) is 0.690. The van der Waals surface area contributed by atoms with Gasteiger partial charge in [0.25, 0.3) is 5.91 Å². The van der Waals surface area contributed by atoms with Gasteiger partial charge in [-0.2, -0.15) is 5.26 Å². The number of nitriles is 1. The Balaban J connectivity index is 1.80. The topological polar surface area (TPSA) is 111 Å². The summed E-state index contributed by atoms with van der Waals surface area (Å²) in [5, 5.41) is 24.9. The first-order chi connectivity index (χ1) is 11.6. The Morgan fingerprint density at radius 3 is 2.58 bits per heavy atom. The predicted octanol–water partition coefficient (Wildman–Crippen LogP) is 1.67. The van der Waals surface area contributed by atoms with Gasteiger partial charge >= 0.3 is 6.09 Å². The minimum atomic E-state index is -1.82. The number of carbonyl (C=O) groups is 2. The number of nitrogens with one attached hydrogen (secondary N) is 2. The summed E-state index contributed by atoms with van der Waals surface area (Å²) < 4.78 is 4.90. The minimum absolute atomic E-state index is 0.0109. The monoisotopic (exact) mass is 345 g/mol. The van der Waals surface area contributed by atoms with Crippen LogP contribution < -0.4 is 10.6 Å². The number of hydrogen-bond acceptors (Lipinski definition) is 6. The van der Waals surface area contributed by atoms with Crippen LogP contribution in [0.3, 0.4) is 0 Å². The van der Waals surface area contributed by atoms with E-state index >= 15 is 0 Å². The fourth-order valence-corrected chi connectivity index (χ4v) is 2.50. The maximum Gasteiger partial charge on any atom is 0.409 e. The number of thiophene rings is 1. The zero-order chi connectivity index (χ0) is 17.4.